The molecule has 0 aliphatic rings. The van der Waals surface area contributed by atoms with Crippen LogP contribution in [0.4, 0.5) is 11.5 Å². The van der Waals surface area contributed by atoms with Gasteiger partial charge < -0.3 is 5.32 Å². The van der Waals surface area contributed by atoms with E-state index in [1.54, 1.807) is 36.7 Å². The van der Waals surface area contributed by atoms with E-state index in [0.717, 1.165) is 16.9 Å². The number of rotatable bonds is 6. The molecule has 0 amide bonds. The van der Waals surface area contributed by atoms with Crippen LogP contribution in [0.15, 0.2) is 71.9 Å². The lowest BCUT2D eigenvalue weighted by Gasteiger charge is -2.19. The molecule has 28 heavy (non-hydrogen) atoms. The molecule has 3 rings (SSSR count). The monoisotopic (exact) mass is 396 g/mol. The van der Waals surface area contributed by atoms with Gasteiger partial charge in [0, 0.05) is 6.20 Å². The Bertz CT molecular complexity index is 1010. The number of anilines is 2. The fourth-order valence-electron chi connectivity index (χ4n) is 2.58. The van der Waals surface area contributed by atoms with Crippen LogP contribution in [0.25, 0.3) is 0 Å². The van der Waals surface area contributed by atoms with Crippen LogP contribution >= 0.6 is 0 Å². The first-order valence-corrected chi connectivity index (χ1v) is 10.5. The highest BCUT2D eigenvalue weighted by atomic mass is 32.2. The van der Waals surface area contributed by atoms with Gasteiger partial charge in [-0.2, -0.15) is 0 Å². The molecule has 7 heteroatoms. The minimum atomic E-state index is -3.69. The van der Waals surface area contributed by atoms with Gasteiger partial charge in [-0.25, -0.2) is 13.4 Å². The van der Waals surface area contributed by atoms with E-state index in [9.17, 15) is 8.42 Å². The number of hydrogen-bond acceptors (Lipinski definition) is 5. The Morgan fingerprint density at radius 1 is 0.929 bits per heavy atom. The van der Waals surface area contributed by atoms with Crippen molar-refractivity contribution in [2.24, 2.45) is 0 Å². The smallest absolute Gasteiger partial charge is 0.263 e. The molecular weight excluding hydrogens is 372 g/mol. The third-order valence-corrected chi connectivity index (χ3v) is 5.60. The molecule has 0 unspecified atom stereocenters. The average molecular weight is 397 g/mol. The fraction of sp³-hybridized carbons (Fsp3) is 0.238. The predicted molar refractivity (Wildman–Crippen MR) is 112 cm³/mol. The number of nitrogens with one attached hydrogen (secondary N) is 2. The van der Waals surface area contributed by atoms with Crippen molar-refractivity contribution in [2.45, 2.75) is 37.6 Å². The van der Waals surface area contributed by atoms with E-state index < -0.39 is 10.0 Å². The number of sulfonamides is 1. The molecule has 0 saturated carbocycles. The van der Waals surface area contributed by atoms with Gasteiger partial charge in [-0.05, 0) is 47.4 Å². The van der Waals surface area contributed by atoms with Gasteiger partial charge in [0.25, 0.3) is 10.0 Å². The molecule has 3 aromatic rings. The number of pyridine rings is 2. The molecule has 0 fully saturated rings. The van der Waals surface area contributed by atoms with Crippen LogP contribution in [0.1, 0.15) is 32.0 Å². The van der Waals surface area contributed by atoms with E-state index >= 15 is 0 Å². The van der Waals surface area contributed by atoms with Crippen LogP contribution in [0.5, 0.6) is 0 Å². The van der Waals surface area contributed by atoms with Crippen molar-refractivity contribution < 1.29 is 8.42 Å². The summed E-state index contributed by atoms with van der Waals surface area (Å²) in [4.78, 5) is 8.63. The van der Waals surface area contributed by atoms with E-state index in [4.69, 9.17) is 0 Å². The van der Waals surface area contributed by atoms with Gasteiger partial charge in [0.05, 0.1) is 29.0 Å². The predicted octanol–water partition coefficient (Wildman–Crippen LogP) is 4.19. The Hall–Kier alpha value is -2.93. The molecule has 0 radical (unpaired) electrons. The second-order valence-electron chi connectivity index (χ2n) is 7.49. The first-order valence-electron chi connectivity index (χ1n) is 8.97. The first kappa shape index (κ1) is 19.8. The molecule has 1 aromatic carbocycles. The van der Waals surface area contributed by atoms with Crippen molar-refractivity contribution in [3.05, 3.63) is 78.2 Å². The number of hydrogen-bond donors (Lipinski definition) is 2. The molecule has 0 aliphatic carbocycles. The zero-order valence-corrected chi connectivity index (χ0v) is 17.0. The Morgan fingerprint density at radius 2 is 1.68 bits per heavy atom. The van der Waals surface area contributed by atoms with Gasteiger partial charge in [-0.1, -0.05) is 39.0 Å². The summed E-state index contributed by atoms with van der Waals surface area (Å²) in [6.45, 7) is 6.82. The van der Waals surface area contributed by atoms with E-state index in [1.807, 2.05) is 30.3 Å². The molecule has 0 saturated heterocycles. The van der Waals surface area contributed by atoms with Crippen LogP contribution in [0, 0.1) is 0 Å². The number of nitrogens with zero attached hydrogens (tertiary/aromatic N) is 2. The van der Waals surface area contributed by atoms with Gasteiger partial charge in [0.1, 0.15) is 5.82 Å². The van der Waals surface area contributed by atoms with Crippen molar-refractivity contribution in [1.82, 2.24) is 9.97 Å². The summed E-state index contributed by atoms with van der Waals surface area (Å²) in [6.07, 6.45) is 3.32. The molecule has 2 aromatic heterocycles. The zero-order chi connectivity index (χ0) is 20.2. The van der Waals surface area contributed by atoms with Crippen LogP contribution in [-0.2, 0) is 22.0 Å². The molecule has 0 spiro atoms. The molecule has 2 heterocycles. The minimum Gasteiger partial charge on any atom is -0.378 e. The number of aromatic nitrogens is 2. The second-order valence-corrected chi connectivity index (χ2v) is 9.17. The maximum Gasteiger partial charge on any atom is 0.263 e. The maximum atomic E-state index is 12.6. The second kappa shape index (κ2) is 7.98. The zero-order valence-electron chi connectivity index (χ0n) is 16.2. The van der Waals surface area contributed by atoms with Crippen molar-refractivity contribution in [1.29, 1.82) is 0 Å². The molecule has 146 valence electrons. The van der Waals surface area contributed by atoms with Crippen molar-refractivity contribution in [2.75, 3.05) is 10.0 Å². The molecule has 0 atom stereocenters. The maximum absolute atomic E-state index is 12.6. The summed E-state index contributed by atoms with van der Waals surface area (Å²) in [5.74, 6) is 0.267. The Morgan fingerprint density at radius 3 is 2.25 bits per heavy atom. The topological polar surface area (TPSA) is 84.0 Å². The van der Waals surface area contributed by atoms with Gasteiger partial charge in [-0.15, -0.1) is 0 Å². The van der Waals surface area contributed by atoms with Crippen LogP contribution in [0.2, 0.25) is 0 Å². The van der Waals surface area contributed by atoms with E-state index in [1.165, 1.54) is 0 Å². The van der Waals surface area contributed by atoms with Crippen LogP contribution in [0.3, 0.4) is 0 Å². The van der Waals surface area contributed by atoms with Crippen molar-refractivity contribution in [3.63, 3.8) is 0 Å². The van der Waals surface area contributed by atoms with Gasteiger partial charge in [0.15, 0.2) is 0 Å². The standard InChI is InChI=1S/C21H24N4O2S/c1-21(2,3)16-7-10-19(11-8-16)28(26,27)25-20-12-9-18(15-24-20)23-14-17-6-4-5-13-22-17/h4-13,15,23H,14H2,1-3H3,(H,24,25). The summed E-state index contributed by atoms with van der Waals surface area (Å²) >= 11 is 0. The SMILES string of the molecule is CC(C)(C)c1ccc(S(=O)(=O)Nc2ccc(NCc3ccccn3)cn2)cc1. The van der Waals surface area contributed by atoms with E-state index in [0.29, 0.717) is 6.54 Å². The van der Waals surface area contributed by atoms with Crippen molar-refractivity contribution in [3.8, 4) is 0 Å². The Kier molecular flexibility index (Phi) is 5.65. The van der Waals surface area contributed by atoms with E-state index in [-0.39, 0.29) is 16.1 Å². The van der Waals surface area contributed by atoms with E-state index in [2.05, 4.69) is 40.8 Å². The third-order valence-electron chi connectivity index (χ3n) is 4.23. The third kappa shape index (κ3) is 5.07. The Balaban J connectivity index is 1.65. The van der Waals surface area contributed by atoms with Crippen LogP contribution in [-0.4, -0.2) is 18.4 Å². The lowest BCUT2D eigenvalue weighted by Crippen LogP contribution is -2.15. The summed E-state index contributed by atoms with van der Waals surface area (Å²) in [5.41, 5.74) is 2.73. The van der Waals surface area contributed by atoms with Gasteiger partial charge in [0.2, 0.25) is 0 Å². The van der Waals surface area contributed by atoms with Gasteiger partial charge in [-0.3, -0.25) is 9.71 Å². The van der Waals surface area contributed by atoms with Gasteiger partial charge >= 0.3 is 0 Å². The molecule has 2 N–H and O–H groups in total. The number of benzene rings is 1. The fourth-order valence-corrected chi connectivity index (χ4v) is 3.59. The lowest BCUT2D eigenvalue weighted by atomic mass is 9.87. The summed E-state index contributed by atoms with van der Waals surface area (Å²) < 4.78 is 27.7. The summed E-state index contributed by atoms with van der Waals surface area (Å²) in [7, 11) is -3.69. The summed E-state index contributed by atoms with van der Waals surface area (Å²) in [5, 5.41) is 3.20. The molecular formula is C21H24N4O2S. The Labute approximate surface area is 166 Å². The quantitative estimate of drug-likeness (QED) is 0.653. The average Bonchev–Trinajstić information content (AvgIpc) is 2.67. The largest absolute Gasteiger partial charge is 0.378 e. The van der Waals surface area contributed by atoms with Crippen molar-refractivity contribution >= 4 is 21.5 Å². The molecule has 0 aliphatic heterocycles. The lowest BCUT2D eigenvalue weighted by molar-refractivity contribution is 0.587. The highest BCUT2D eigenvalue weighted by molar-refractivity contribution is 7.92. The first-order chi connectivity index (χ1) is 13.2. The van der Waals surface area contributed by atoms with Crippen LogP contribution < -0.4 is 10.0 Å². The highest BCUT2D eigenvalue weighted by Gasteiger charge is 2.18. The minimum absolute atomic E-state index is 0.0324. The molecule has 6 nitrogen and oxygen atoms in total. The molecule has 0 bridgehead atoms. The highest BCUT2D eigenvalue weighted by Crippen LogP contribution is 2.24. The normalized spacial score (nSPS) is 11.8. The summed E-state index contributed by atoms with van der Waals surface area (Å²) in [6, 6.07) is 16.0.